The van der Waals surface area contributed by atoms with E-state index in [0.717, 1.165) is 51.8 Å². The van der Waals surface area contributed by atoms with Gasteiger partial charge in [-0.15, -0.1) is 0 Å². The van der Waals surface area contributed by atoms with E-state index in [1.807, 2.05) is 11.0 Å². The van der Waals surface area contributed by atoms with Gasteiger partial charge in [-0.05, 0) is 37.7 Å². The summed E-state index contributed by atoms with van der Waals surface area (Å²) >= 11 is 0. The molecule has 0 atom stereocenters. The van der Waals surface area contributed by atoms with E-state index in [4.69, 9.17) is 10.5 Å². The lowest BCUT2D eigenvalue weighted by Gasteiger charge is -2.33. The first-order valence-electron chi connectivity index (χ1n) is 7.91. The highest BCUT2D eigenvalue weighted by Crippen LogP contribution is 2.34. The molecule has 4 nitrogen and oxygen atoms in total. The van der Waals surface area contributed by atoms with Crippen LogP contribution in [0.5, 0.6) is 0 Å². The maximum atomic E-state index is 12.1. The fraction of sp³-hybridized carbons (Fsp3) is 0.588. The molecule has 114 valence electrons. The maximum absolute atomic E-state index is 12.1. The highest BCUT2D eigenvalue weighted by molar-refractivity contribution is 5.89. The lowest BCUT2D eigenvalue weighted by Crippen LogP contribution is -2.49. The third-order valence-electron chi connectivity index (χ3n) is 4.53. The summed E-state index contributed by atoms with van der Waals surface area (Å²) in [5.41, 5.74) is 6.76. The lowest BCUT2D eigenvalue weighted by atomic mass is 10.1. The van der Waals surface area contributed by atoms with Gasteiger partial charge in [-0.3, -0.25) is 4.79 Å². The molecule has 1 heterocycles. The zero-order valence-corrected chi connectivity index (χ0v) is 12.5. The Morgan fingerprint density at radius 1 is 1.24 bits per heavy atom. The summed E-state index contributed by atoms with van der Waals surface area (Å²) < 4.78 is 5.95. The SMILES string of the molecule is NC1(C(=O)N2CCC(OCCc3ccccc3)CC2)CC1. The molecule has 2 N–H and O–H groups in total. The fourth-order valence-electron chi connectivity index (χ4n) is 2.88. The number of amides is 1. The quantitative estimate of drug-likeness (QED) is 0.897. The van der Waals surface area contributed by atoms with Gasteiger partial charge < -0.3 is 15.4 Å². The highest BCUT2D eigenvalue weighted by atomic mass is 16.5. The van der Waals surface area contributed by atoms with Gasteiger partial charge in [-0.1, -0.05) is 30.3 Å². The molecule has 0 radical (unpaired) electrons. The minimum atomic E-state index is -0.527. The van der Waals surface area contributed by atoms with E-state index < -0.39 is 5.54 Å². The average Bonchev–Trinajstić information content (AvgIpc) is 3.27. The molecule has 21 heavy (non-hydrogen) atoms. The monoisotopic (exact) mass is 288 g/mol. The van der Waals surface area contributed by atoms with Crippen molar-refractivity contribution in [2.45, 2.75) is 43.7 Å². The zero-order valence-electron chi connectivity index (χ0n) is 12.5. The first-order chi connectivity index (χ1) is 10.2. The van der Waals surface area contributed by atoms with Crippen LogP contribution in [0.1, 0.15) is 31.2 Å². The van der Waals surface area contributed by atoms with Crippen molar-refractivity contribution in [3.8, 4) is 0 Å². The molecule has 1 aromatic carbocycles. The predicted molar refractivity (Wildman–Crippen MR) is 81.9 cm³/mol. The van der Waals surface area contributed by atoms with Crippen LogP contribution >= 0.6 is 0 Å². The van der Waals surface area contributed by atoms with Gasteiger partial charge in [0.1, 0.15) is 0 Å². The topological polar surface area (TPSA) is 55.6 Å². The molecule has 0 spiro atoms. The Hall–Kier alpha value is -1.39. The number of carbonyl (C=O) groups is 1. The van der Waals surface area contributed by atoms with E-state index >= 15 is 0 Å². The molecular weight excluding hydrogens is 264 g/mol. The molecular formula is C17H24N2O2. The minimum Gasteiger partial charge on any atom is -0.378 e. The third-order valence-corrected chi connectivity index (χ3v) is 4.53. The summed E-state index contributed by atoms with van der Waals surface area (Å²) in [6, 6.07) is 10.4. The molecule has 2 aliphatic rings. The molecule has 1 aliphatic heterocycles. The van der Waals surface area contributed by atoms with Gasteiger partial charge in [-0.2, -0.15) is 0 Å². The molecule has 0 unspecified atom stereocenters. The number of rotatable bonds is 5. The second-order valence-corrected chi connectivity index (χ2v) is 6.25. The van der Waals surface area contributed by atoms with Gasteiger partial charge in [-0.25, -0.2) is 0 Å². The number of hydrogen-bond acceptors (Lipinski definition) is 3. The van der Waals surface area contributed by atoms with Crippen LogP contribution in [0.4, 0.5) is 0 Å². The molecule has 1 aromatic rings. The van der Waals surface area contributed by atoms with Crippen molar-refractivity contribution in [3.05, 3.63) is 35.9 Å². The standard InChI is InChI=1S/C17H24N2O2/c18-17(9-10-17)16(20)19-11-6-15(7-12-19)21-13-8-14-4-2-1-3-5-14/h1-5,15H,6-13,18H2. The summed E-state index contributed by atoms with van der Waals surface area (Å²) in [6.07, 6.45) is 4.78. The van der Waals surface area contributed by atoms with Crippen molar-refractivity contribution < 1.29 is 9.53 Å². The lowest BCUT2D eigenvalue weighted by molar-refractivity contribution is -0.136. The second-order valence-electron chi connectivity index (χ2n) is 6.25. The van der Waals surface area contributed by atoms with E-state index in [0.29, 0.717) is 0 Å². The number of carbonyl (C=O) groups excluding carboxylic acids is 1. The Morgan fingerprint density at radius 2 is 1.90 bits per heavy atom. The van der Waals surface area contributed by atoms with E-state index in [-0.39, 0.29) is 12.0 Å². The van der Waals surface area contributed by atoms with E-state index in [1.54, 1.807) is 0 Å². The number of piperidine rings is 1. The number of likely N-dealkylation sites (tertiary alicyclic amines) is 1. The smallest absolute Gasteiger partial charge is 0.242 e. The maximum Gasteiger partial charge on any atom is 0.242 e. The van der Waals surface area contributed by atoms with Gasteiger partial charge in [0.2, 0.25) is 5.91 Å². The molecule has 1 aliphatic carbocycles. The van der Waals surface area contributed by atoms with Crippen molar-refractivity contribution in [1.82, 2.24) is 4.90 Å². The van der Waals surface area contributed by atoms with Crippen molar-refractivity contribution >= 4 is 5.91 Å². The van der Waals surface area contributed by atoms with Crippen LogP contribution in [0.2, 0.25) is 0 Å². The largest absolute Gasteiger partial charge is 0.378 e. The molecule has 1 saturated heterocycles. The minimum absolute atomic E-state index is 0.144. The Kier molecular flexibility index (Phi) is 4.27. The molecule has 4 heteroatoms. The van der Waals surface area contributed by atoms with Crippen molar-refractivity contribution in [2.75, 3.05) is 19.7 Å². The van der Waals surface area contributed by atoms with Crippen LogP contribution in [-0.2, 0) is 16.0 Å². The van der Waals surface area contributed by atoms with Gasteiger partial charge in [0.25, 0.3) is 0 Å². The summed E-state index contributed by atoms with van der Waals surface area (Å²) in [4.78, 5) is 14.1. The molecule has 0 aromatic heterocycles. The van der Waals surface area contributed by atoms with Gasteiger partial charge in [0.05, 0.1) is 18.2 Å². The number of benzene rings is 1. The molecule has 1 saturated carbocycles. The number of hydrogen-bond donors (Lipinski definition) is 1. The van der Waals surface area contributed by atoms with Crippen LogP contribution in [0, 0.1) is 0 Å². The van der Waals surface area contributed by atoms with Crippen LogP contribution < -0.4 is 5.73 Å². The van der Waals surface area contributed by atoms with Crippen molar-refractivity contribution in [2.24, 2.45) is 5.73 Å². The Labute approximate surface area is 126 Å². The van der Waals surface area contributed by atoms with Gasteiger partial charge in [0.15, 0.2) is 0 Å². The first-order valence-corrected chi connectivity index (χ1v) is 7.91. The summed E-state index contributed by atoms with van der Waals surface area (Å²) in [5.74, 6) is 0.144. The summed E-state index contributed by atoms with van der Waals surface area (Å²) in [6.45, 7) is 2.32. The zero-order chi connectivity index (χ0) is 14.7. The van der Waals surface area contributed by atoms with Crippen LogP contribution in [-0.4, -0.2) is 42.1 Å². The van der Waals surface area contributed by atoms with Crippen molar-refractivity contribution in [1.29, 1.82) is 0 Å². The van der Waals surface area contributed by atoms with Crippen LogP contribution in [0.3, 0.4) is 0 Å². The normalized spacial score (nSPS) is 21.3. The number of ether oxygens (including phenoxy) is 1. The highest BCUT2D eigenvalue weighted by Gasteiger charge is 2.48. The molecule has 2 fully saturated rings. The van der Waals surface area contributed by atoms with Crippen LogP contribution in [0.15, 0.2) is 30.3 Å². The Bertz CT molecular complexity index is 477. The molecule has 1 amide bonds. The van der Waals surface area contributed by atoms with Crippen LogP contribution in [0.25, 0.3) is 0 Å². The molecule has 0 bridgehead atoms. The Morgan fingerprint density at radius 3 is 2.52 bits per heavy atom. The molecule has 3 rings (SSSR count). The first kappa shape index (κ1) is 14.5. The predicted octanol–water partition coefficient (Wildman–Crippen LogP) is 1.73. The van der Waals surface area contributed by atoms with E-state index in [9.17, 15) is 4.79 Å². The van der Waals surface area contributed by atoms with E-state index in [2.05, 4.69) is 24.3 Å². The number of nitrogens with two attached hydrogens (primary N) is 1. The Balaban J connectivity index is 1.37. The van der Waals surface area contributed by atoms with Crippen molar-refractivity contribution in [3.63, 3.8) is 0 Å². The summed E-state index contributed by atoms with van der Waals surface area (Å²) in [7, 11) is 0. The average molecular weight is 288 g/mol. The van der Waals surface area contributed by atoms with Gasteiger partial charge >= 0.3 is 0 Å². The van der Waals surface area contributed by atoms with E-state index in [1.165, 1.54) is 5.56 Å². The second kappa shape index (κ2) is 6.16. The summed E-state index contributed by atoms with van der Waals surface area (Å²) in [5, 5.41) is 0. The fourth-order valence-corrected chi connectivity index (χ4v) is 2.88. The number of nitrogens with zero attached hydrogens (tertiary/aromatic N) is 1. The van der Waals surface area contributed by atoms with Gasteiger partial charge in [0, 0.05) is 13.1 Å². The third kappa shape index (κ3) is 3.63.